The van der Waals surface area contributed by atoms with E-state index in [4.69, 9.17) is 5.73 Å². The summed E-state index contributed by atoms with van der Waals surface area (Å²) in [5.74, 6) is 0. The maximum Gasteiger partial charge on any atom is 0.280 e. The highest BCUT2D eigenvalue weighted by molar-refractivity contribution is 7.87. The summed E-state index contributed by atoms with van der Waals surface area (Å²) < 4.78 is 28.6. The van der Waals surface area contributed by atoms with E-state index < -0.39 is 10.2 Å². The van der Waals surface area contributed by atoms with Crippen LogP contribution in [-0.2, 0) is 16.8 Å². The Morgan fingerprint density at radius 1 is 1.58 bits per heavy atom. The van der Waals surface area contributed by atoms with Gasteiger partial charge in [0, 0.05) is 24.5 Å². The van der Waals surface area contributed by atoms with Crippen LogP contribution in [0.25, 0.3) is 0 Å². The number of thiazole rings is 1. The van der Waals surface area contributed by atoms with Crippen molar-refractivity contribution in [2.75, 3.05) is 13.1 Å². The van der Waals surface area contributed by atoms with Crippen molar-refractivity contribution < 1.29 is 8.42 Å². The van der Waals surface area contributed by atoms with E-state index in [1.807, 2.05) is 12.3 Å². The lowest BCUT2D eigenvalue weighted by Gasteiger charge is -2.33. The van der Waals surface area contributed by atoms with Gasteiger partial charge in [-0.05, 0) is 19.8 Å². The van der Waals surface area contributed by atoms with Crippen LogP contribution in [0.5, 0.6) is 0 Å². The summed E-state index contributed by atoms with van der Waals surface area (Å²) in [4.78, 5) is 4.25. The molecule has 1 aliphatic rings. The van der Waals surface area contributed by atoms with Crippen molar-refractivity contribution in [3.8, 4) is 0 Å². The Morgan fingerprint density at radius 3 is 3.00 bits per heavy atom. The van der Waals surface area contributed by atoms with E-state index in [0.717, 1.165) is 30.0 Å². The molecule has 108 valence electrons. The summed E-state index contributed by atoms with van der Waals surface area (Å²) in [6.07, 6.45) is 2.78. The van der Waals surface area contributed by atoms with Crippen molar-refractivity contribution in [3.05, 3.63) is 16.1 Å². The molecule has 0 aliphatic carbocycles. The third-order valence-corrected chi connectivity index (χ3v) is 5.69. The third kappa shape index (κ3) is 3.73. The van der Waals surface area contributed by atoms with E-state index in [1.165, 1.54) is 15.6 Å². The summed E-state index contributed by atoms with van der Waals surface area (Å²) >= 11 is 1.52. The first-order chi connectivity index (χ1) is 9.03. The largest absolute Gasteiger partial charge is 0.329 e. The summed E-state index contributed by atoms with van der Waals surface area (Å²) in [6.45, 7) is 3.06. The molecule has 0 radical (unpaired) electrons. The third-order valence-electron chi connectivity index (χ3n) is 3.26. The Kier molecular flexibility index (Phi) is 4.91. The van der Waals surface area contributed by atoms with Gasteiger partial charge in [-0.25, -0.2) is 4.98 Å². The number of aryl methyl sites for hydroxylation is 1. The van der Waals surface area contributed by atoms with Crippen LogP contribution in [0.1, 0.15) is 30.0 Å². The van der Waals surface area contributed by atoms with Gasteiger partial charge in [0.15, 0.2) is 0 Å². The quantitative estimate of drug-likeness (QED) is 0.834. The van der Waals surface area contributed by atoms with Gasteiger partial charge < -0.3 is 5.73 Å². The molecular weight excluding hydrogens is 284 g/mol. The van der Waals surface area contributed by atoms with E-state index in [9.17, 15) is 8.42 Å². The Labute approximate surface area is 118 Å². The van der Waals surface area contributed by atoms with Crippen molar-refractivity contribution in [2.24, 2.45) is 5.73 Å². The standard InChI is InChI=1S/C11H20N4O2S2/c1-9-14-10(8-18-9)7-13-19(16,17)15-5-3-2-4-11(15)6-12/h8,11,13H,2-7,12H2,1H3. The zero-order chi connectivity index (χ0) is 13.9. The molecular formula is C11H20N4O2S2. The predicted octanol–water partition coefficient (Wildman–Crippen LogP) is 0.599. The first kappa shape index (κ1) is 14.9. The topological polar surface area (TPSA) is 88.3 Å². The highest BCUT2D eigenvalue weighted by Crippen LogP contribution is 2.19. The van der Waals surface area contributed by atoms with Crippen LogP contribution in [0, 0.1) is 6.92 Å². The second-order valence-electron chi connectivity index (χ2n) is 4.68. The molecule has 1 aromatic heterocycles. The van der Waals surface area contributed by atoms with Gasteiger partial charge in [-0.3, -0.25) is 0 Å². The first-order valence-corrected chi connectivity index (χ1v) is 8.72. The van der Waals surface area contributed by atoms with Crippen LogP contribution in [0.2, 0.25) is 0 Å². The van der Waals surface area contributed by atoms with Gasteiger partial charge in [0.2, 0.25) is 0 Å². The lowest BCUT2D eigenvalue weighted by atomic mass is 10.1. The van der Waals surface area contributed by atoms with Crippen LogP contribution in [0.3, 0.4) is 0 Å². The average Bonchev–Trinajstić information content (AvgIpc) is 2.82. The zero-order valence-corrected chi connectivity index (χ0v) is 12.6. The van der Waals surface area contributed by atoms with Crippen LogP contribution < -0.4 is 10.5 Å². The summed E-state index contributed by atoms with van der Waals surface area (Å²) in [6, 6.07) is -0.0802. The molecule has 1 fully saturated rings. The van der Waals surface area contributed by atoms with Crippen molar-refractivity contribution in [1.29, 1.82) is 0 Å². The van der Waals surface area contributed by atoms with Gasteiger partial charge in [-0.2, -0.15) is 17.4 Å². The van der Waals surface area contributed by atoms with Gasteiger partial charge >= 0.3 is 0 Å². The number of piperidine rings is 1. The van der Waals surface area contributed by atoms with Crippen molar-refractivity contribution >= 4 is 21.5 Å². The number of nitrogens with zero attached hydrogens (tertiary/aromatic N) is 2. The molecule has 1 saturated heterocycles. The molecule has 1 atom stereocenters. The van der Waals surface area contributed by atoms with Crippen LogP contribution >= 0.6 is 11.3 Å². The lowest BCUT2D eigenvalue weighted by Crippen LogP contribution is -2.51. The SMILES string of the molecule is Cc1nc(CNS(=O)(=O)N2CCCCC2CN)cs1. The summed E-state index contributed by atoms with van der Waals surface area (Å²) in [7, 11) is -3.47. The molecule has 0 spiro atoms. The second kappa shape index (κ2) is 6.27. The molecule has 1 aliphatic heterocycles. The molecule has 1 unspecified atom stereocenters. The molecule has 8 heteroatoms. The van der Waals surface area contributed by atoms with Gasteiger partial charge in [-0.1, -0.05) is 6.42 Å². The maximum absolute atomic E-state index is 12.3. The van der Waals surface area contributed by atoms with Crippen molar-refractivity contribution in [3.63, 3.8) is 0 Å². The number of nitrogens with two attached hydrogens (primary N) is 1. The molecule has 3 N–H and O–H groups in total. The van der Waals surface area contributed by atoms with Crippen molar-refractivity contribution in [1.82, 2.24) is 14.0 Å². The van der Waals surface area contributed by atoms with E-state index in [2.05, 4.69) is 9.71 Å². The highest BCUT2D eigenvalue weighted by Gasteiger charge is 2.31. The molecule has 2 heterocycles. The number of nitrogens with one attached hydrogen (secondary N) is 1. The zero-order valence-electron chi connectivity index (χ0n) is 11.0. The van der Waals surface area contributed by atoms with Crippen LogP contribution in [0.4, 0.5) is 0 Å². The minimum absolute atomic E-state index is 0.0802. The molecule has 0 bridgehead atoms. The summed E-state index contributed by atoms with van der Waals surface area (Å²) in [5.41, 5.74) is 6.41. The maximum atomic E-state index is 12.3. The second-order valence-corrected chi connectivity index (χ2v) is 7.45. The molecule has 19 heavy (non-hydrogen) atoms. The van der Waals surface area contributed by atoms with E-state index in [1.54, 1.807) is 0 Å². The van der Waals surface area contributed by atoms with E-state index >= 15 is 0 Å². The number of rotatable bonds is 5. The molecule has 0 aromatic carbocycles. The van der Waals surface area contributed by atoms with Gasteiger partial charge in [0.05, 0.1) is 17.2 Å². The van der Waals surface area contributed by atoms with Crippen LogP contribution in [0.15, 0.2) is 5.38 Å². The fourth-order valence-electron chi connectivity index (χ4n) is 2.26. The highest BCUT2D eigenvalue weighted by atomic mass is 32.2. The predicted molar refractivity (Wildman–Crippen MR) is 76.0 cm³/mol. The number of hydrogen-bond acceptors (Lipinski definition) is 5. The minimum Gasteiger partial charge on any atom is -0.329 e. The minimum atomic E-state index is -3.47. The normalized spacial score (nSPS) is 21.7. The molecule has 6 nitrogen and oxygen atoms in total. The smallest absolute Gasteiger partial charge is 0.280 e. The lowest BCUT2D eigenvalue weighted by molar-refractivity contribution is 0.254. The Balaban J connectivity index is 2.00. The Hall–Kier alpha value is -0.540. The van der Waals surface area contributed by atoms with Gasteiger partial charge in [0.1, 0.15) is 0 Å². The molecule has 0 saturated carbocycles. The molecule has 2 rings (SSSR count). The van der Waals surface area contributed by atoms with E-state index in [-0.39, 0.29) is 12.6 Å². The first-order valence-electron chi connectivity index (χ1n) is 6.40. The monoisotopic (exact) mass is 304 g/mol. The average molecular weight is 304 g/mol. The summed E-state index contributed by atoms with van der Waals surface area (Å²) in [5, 5.41) is 2.81. The number of hydrogen-bond donors (Lipinski definition) is 2. The molecule has 1 aromatic rings. The fraction of sp³-hybridized carbons (Fsp3) is 0.727. The van der Waals surface area contributed by atoms with Gasteiger partial charge in [-0.15, -0.1) is 11.3 Å². The number of aromatic nitrogens is 1. The Morgan fingerprint density at radius 2 is 2.37 bits per heavy atom. The van der Waals surface area contributed by atoms with Crippen LogP contribution in [-0.4, -0.2) is 36.8 Å². The molecule has 0 amide bonds. The fourth-order valence-corrected chi connectivity index (χ4v) is 4.33. The Bertz CT molecular complexity index is 515. The van der Waals surface area contributed by atoms with Crippen molar-refractivity contribution in [2.45, 2.75) is 38.8 Å². The van der Waals surface area contributed by atoms with Gasteiger partial charge in [0.25, 0.3) is 10.2 Å². The van der Waals surface area contributed by atoms with E-state index in [0.29, 0.717) is 13.1 Å².